The fraction of sp³-hybridized carbons (Fsp3) is 0.417. The van der Waals surface area contributed by atoms with E-state index in [2.05, 4.69) is 22.2 Å². The summed E-state index contributed by atoms with van der Waals surface area (Å²) < 4.78 is 11.0. The average Bonchev–Trinajstić information content (AvgIpc) is 3.22. The minimum Gasteiger partial charge on any atom is -0.493 e. The van der Waals surface area contributed by atoms with Gasteiger partial charge in [-0.3, -0.25) is 9.78 Å². The van der Waals surface area contributed by atoms with Crippen molar-refractivity contribution in [2.24, 2.45) is 0 Å². The smallest absolute Gasteiger partial charge is 0.222 e. The topological polar surface area (TPSA) is 67.5 Å². The van der Waals surface area contributed by atoms with E-state index in [1.165, 1.54) is 5.56 Å². The van der Waals surface area contributed by atoms with Gasteiger partial charge in [-0.2, -0.15) is 0 Å². The summed E-state index contributed by atoms with van der Waals surface area (Å²) >= 11 is 0. The molecule has 1 aliphatic rings. The Labute approximate surface area is 177 Å². The van der Waals surface area contributed by atoms with Crippen molar-refractivity contribution >= 4 is 16.9 Å². The molecule has 0 bridgehead atoms. The molecule has 1 saturated heterocycles. The molecule has 0 spiro atoms. The van der Waals surface area contributed by atoms with Crippen LogP contribution in [0.5, 0.6) is 11.5 Å². The average molecular weight is 408 g/mol. The van der Waals surface area contributed by atoms with E-state index in [1.54, 1.807) is 7.11 Å². The van der Waals surface area contributed by atoms with E-state index >= 15 is 0 Å². The van der Waals surface area contributed by atoms with Crippen LogP contribution in [-0.2, 0) is 11.2 Å². The lowest BCUT2D eigenvalue weighted by Crippen LogP contribution is -2.38. The van der Waals surface area contributed by atoms with E-state index in [0.717, 1.165) is 54.0 Å². The van der Waals surface area contributed by atoms with Crippen molar-refractivity contribution in [2.75, 3.05) is 26.8 Å². The van der Waals surface area contributed by atoms with Crippen molar-refractivity contribution in [3.05, 3.63) is 53.9 Å². The maximum atomic E-state index is 12.8. The quantitative estimate of drug-likeness (QED) is 0.634. The summed E-state index contributed by atoms with van der Waals surface area (Å²) in [6, 6.07) is 9.90. The third kappa shape index (κ3) is 4.27. The number of rotatable bonds is 7. The highest BCUT2D eigenvalue weighted by molar-refractivity contribution is 5.79. The first kappa shape index (κ1) is 20.3. The standard InChI is InChI=1S/C24H29N3O3/c1-3-30-21-8-6-17(15-22(21)29-2)7-9-23(28)27-13-10-18(11-14-27)19-16-26-20-5-4-12-25-24(19)20/h4-6,8,12,15-16,18,26H,3,7,9-11,13-14H2,1-2H3. The first-order chi connectivity index (χ1) is 14.7. The van der Waals surface area contributed by atoms with Crippen LogP contribution < -0.4 is 9.47 Å². The van der Waals surface area contributed by atoms with Gasteiger partial charge >= 0.3 is 0 Å². The van der Waals surface area contributed by atoms with Crippen LogP contribution in [0.3, 0.4) is 0 Å². The number of fused-ring (bicyclic) bond motifs is 1. The number of carbonyl (C=O) groups excluding carboxylic acids is 1. The van der Waals surface area contributed by atoms with Gasteiger partial charge in [0.1, 0.15) is 0 Å². The van der Waals surface area contributed by atoms with Crippen LogP contribution in [-0.4, -0.2) is 47.6 Å². The molecule has 4 rings (SSSR count). The molecule has 6 heteroatoms. The fourth-order valence-electron chi connectivity index (χ4n) is 4.28. The van der Waals surface area contributed by atoms with Crippen molar-refractivity contribution in [2.45, 2.75) is 38.5 Å². The zero-order chi connectivity index (χ0) is 20.9. The second kappa shape index (κ2) is 9.20. The molecule has 30 heavy (non-hydrogen) atoms. The highest BCUT2D eigenvalue weighted by Gasteiger charge is 2.25. The van der Waals surface area contributed by atoms with Crippen LogP contribution in [0.2, 0.25) is 0 Å². The van der Waals surface area contributed by atoms with Crippen LogP contribution in [0.1, 0.15) is 43.2 Å². The molecule has 0 aliphatic carbocycles. The summed E-state index contributed by atoms with van der Waals surface area (Å²) in [5.41, 5.74) is 4.51. The van der Waals surface area contributed by atoms with Gasteiger partial charge in [-0.15, -0.1) is 0 Å². The molecule has 0 saturated carbocycles. The number of nitrogens with zero attached hydrogens (tertiary/aromatic N) is 2. The van der Waals surface area contributed by atoms with Crippen molar-refractivity contribution in [1.29, 1.82) is 0 Å². The number of amides is 1. The molecule has 3 aromatic rings. The number of piperidine rings is 1. The molecule has 0 radical (unpaired) electrons. The van der Waals surface area contributed by atoms with Gasteiger partial charge in [0.2, 0.25) is 5.91 Å². The lowest BCUT2D eigenvalue weighted by molar-refractivity contribution is -0.132. The molecule has 2 aromatic heterocycles. The Kier molecular flexibility index (Phi) is 6.21. The zero-order valence-corrected chi connectivity index (χ0v) is 17.7. The van der Waals surface area contributed by atoms with Crippen LogP contribution in [0, 0.1) is 0 Å². The Morgan fingerprint density at radius 2 is 2.07 bits per heavy atom. The second-order valence-corrected chi connectivity index (χ2v) is 7.72. The van der Waals surface area contributed by atoms with Gasteiger partial charge in [0.05, 0.1) is 24.8 Å². The van der Waals surface area contributed by atoms with Gasteiger partial charge in [-0.1, -0.05) is 6.07 Å². The third-order valence-corrected chi connectivity index (χ3v) is 5.91. The first-order valence-corrected chi connectivity index (χ1v) is 10.7. The Hall–Kier alpha value is -3.02. The van der Waals surface area contributed by atoms with Crippen LogP contribution in [0.25, 0.3) is 11.0 Å². The van der Waals surface area contributed by atoms with E-state index in [0.29, 0.717) is 25.4 Å². The molecule has 1 fully saturated rings. The summed E-state index contributed by atoms with van der Waals surface area (Å²) in [6.07, 6.45) is 7.09. The zero-order valence-electron chi connectivity index (χ0n) is 17.7. The van der Waals surface area contributed by atoms with E-state index < -0.39 is 0 Å². The van der Waals surface area contributed by atoms with Gasteiger partial charge < -0.3 is 19.4 Å². The first-order valence-electron chi connectivity index (χ1n) is 10.7. The number of likely N-dealkylation sites (tertiary alicyclic amines) is 1. The van der Waals surface area contributed by atoms with E-state index in [9.17, 15) is 4.79 Å². The minimum absolute atomic E-state index is 0.221. The number of nitrogens with one attached hydrogen (secondary N) is 1. The number of H-pyrrole nitrogens is 1. The van der Waals surface area contributed by atoms with Crippen molar-refractivity contribution in [1.82, 2.24) is 14.9 Å². The Morgan fingerprint density at radius 1 is 1.23 bits per heavy atom. The number of aromatic amines is 1. The summed E-state index contributed by atoms with van der Waals surface area (Å²) in [4.78, 5) is 22.6. The Bertz CT molecular complexity index is 1010. The monoisotopic (exact) mass is 407 g/mol. The third-order valence-electron chi connectivity index (χ3n) is 5.91. The van der Waals surface area contributed by atoms with Gasteiger partial charge in [0.15, 0.2) is 11.5 Å². The normalized spacial score (nSPS) is 14.8. The molecule has 0 unspecified atom stereocenters. The molecule has 158 valence electrons. The molecule has 6 nitrogen and oxygen atoms in total. The number of aryl methyl sites for hydroxylation is 1. The molecule has 1 N–H and O–H groups in total. The Balaban J connectivity index is 1.31. The minimum atomic E-state index is 0.221. The second-order valence-electron chi connectivity index (χ2n) is 7.72. The molecular formula is C24H29N3O3. The van der Waals surface area contributed by atoms with Gasteiger partial charge in [0.25, 0.3) is 0 Å². The molecular weight excluding hydrogens is 378 g/mol. The number of aromatic nitrogens is 2. The van der Waals surface area contributed by atoms with Crippen molar-refractivity contribution in [3.63, 3.8) is 0 Å². The van der Waals surface area contributed by atoms with Crippen molar-refractivity contribution in [3.8, 4) is 11.5 Å². The van der Waals surface area contributed by atoms with Crippen molar-refractivity contribution < 1.29 is 14.3 Å². The fourth-order valence-corrected chi connectivity index (χ4v) is 4.28. The number of methoxy groups -OCH3 is 1. The van der Waals surface area contributed by atoms with Crippen LogP contribution in [0.15, 0.2) is 42.7 Å². The maximum absolute atomic E-state index is 12.8. The Morgan fingerprint density at radius 3 is 2.83 bits per heavy atom. The summed E-state index contributed by atoms with van der Waals surface area (Å²) in [7, 11) is 1.64. The molecule has 3 heterocycles. The molecule has 1 aliphatic heterocycles. The number of benzene rings is 1. The predicted molar refractivity (Wildman–Crippen MR) is 117 cm³/mol. The van der Waals surface area contributed by atoms with E-state index in [4.69, 9.17) is 9.47 Å². The number of hydrogen-bond acceptors (Lipinski definition) is 4. The highest BCUT2D eigenvalue weighted by Crippen LogP contribution is 2.32. The number of pyridine rings is 1. The highest BCUT2D eigenvalue weighted by atomic mass is 16.5. The lowest BCUT2D eigenvalue weighted by Gasteiger charge is -2.32. The largest absolute Gasteiger partial charge is 0.493 e. The number of carbonyl (C=O) groups is 1. The summed E-state index contributed by atoms with van der Waals surface area (Å²) in [6.45, 7) is 4.15. The molecule has 0 atom stereocenters. The maximum Gasteiger partial charge on any atom is 0.222 e. The van der Waals surface area contributed by atoms with Gasteiger partial charge in [0, 0.05) is 31.9 Å². The SMILES string of the molecule is CCOc1ccc(CCC(=O)N2CCC(c3c[nH]c4cccnc34)CC2)cc1OC. The van der Waals surface area contributed by atoms with E-state index in [-0.39, 0.29) is 5.91 Å². The summed E-state index contributed by atoms with van der Waals surface area (Å²) in [5.74, 6) is 2.13. The van der Waals surface area contributed by atoms with Gasteiger partial charge in [-0.25, -0.2) is 0 Å². The van der Waals surface area contributed by atoms with Crippen LogP contribution in [0.4, 0.5) is 0 Å². The van der Waals surface area contributed by atoms with Gasteiger partial charge in [-0.05, 0) is 67.5 Å². The molecule has 1 aromatic carbocycles. The number of hydrogen-bond donors (Lipinski definition) is 1. The predicted octanol–water partition coefficient (Wildman–Crippen LogP) is 4.31. The van der Waals surface area contributed by atoms with E-state index in [1.807, 2.05) is 42.3 Å². The summed E-state index contributed by atoms with van der Waals surface area (Å²) in [5, 5.41) is 0. The van der Waals surface area contributed by atoms with Crippen LogP contribution >= 0.6 is 0 Å². The number of ether oxygens (including phenoxy) is 2. The molecule has 1 amide bonds. The lowest BCUT2D eigenvalue weighted by atomic mass is 9.90.